The van der Waals surface area contributed by atoms with E-state index in [0.29, 0.717) is 24.6 Å². The number of hydrogen-bond donors (Lipinski definition) is 1. The van der Waals surface area contributed by atoms with Gasteiger partial charge in [0.25, 0.3) is 0 Å². The number of carbonyl (C=O) groups excluding carboxylic acids is 1. The minimum Gasteiger partial charge on any atom is -0.381 e. The molecule has 0 radical (unpaired) electrons. The van der Waals surface area contributed by atoms with Gasteiger partial charge in [-0.15, -0.1) is 0 Å². The lowest BCUT2D eigenvalue weighted by Crippen LogP contribution is -2.47. The van der Waals surface area contributed by atoms with Crippen LogP contribution in [0.25, 0.3) is 0 Å². The molecule has 3 heterocycles. The highest BCUT2D eigenvalue weighted by atomic mass is 16.5. The maximum atomic E-state index is 12.5. The monoisotopic (exact) mass is 281 g/mol. The zero-order chi connectivity index (χ0) is 13.9. The van der Waals surface area contributed by atoms with Gasteiger partial charge in [0.2, 0.25) is 5.91 Å². The van der Waals surface area contributed by atoms with Crippen LogP contribution in [-0.2, 0) is 9.53 Å². The quantitative estimate of drug-likeness (QED) is 0.798. The molecule has 2 atom stereocenters. The zero-order valence-electron chi connectivity index (χ0n) is 12.3. The summed E-state index contributed by atoms with van der Waals surface area (Å²) in [7, 11) is 0. The van der Waals surface area contributed by atoms with Crippen molar-refractivity contribution >= 4 is 5.91 Å². The SMILES string of the molecule is NC1CCN(C2CCN(C(=O)C3CCCOC3)C2)CC1. The third-order valence-electron chi connectivity index (χ3n) is 5.08. The van der Waals surface area contributed by atoms with Crippen LogP contribution in [0.1, 0.15) is 32.1 Å². The number of nitrogens with zero attached hydrogens (tertiary/aromatic N) is 2. The normalized spacial score (nSPS) is 33.5. The molecule has 0 aromatic carbocycles. The molecule has 20 heavy (non-hydrogen) atoms. The summed E-state index contributed by atoms with van der Waals surface area (Å²) >= 11 is 0. The molecule has 2 N–H and O–H groups in total. The maximum absolute atomic E-state index is 12.5. The molecule has 1 amide bonds. The summed E-state index contributed by atoms with van der Waals surface area (Å²) in [6, 6.07) is 0.931. The number of piperidine rings is 1. The van der Waals surface area contributed by atoms with Gasteiger partial charge in [0.05, 0.1) is 12.5 Å². The van der Waals surface area contributed by atoms with Crippen LogP contribution in [0.3, 0.4) is 0 Å². The second-order valence-electron chi connectivity index (χ2n) is 6.51. The number of rotatable bonds is 2. The van der Waals surface area contributed by atoms with Crippen LogP contribution >= 0.6 is 0 Å². The molecular formula is C15H27N3O2. The van der Waals surface area contributed by atoms with Crippen LogP contribution in [0, 0.1) is 5.92 Å². The van der Waals surface area contributed by atoms with Gasteiger partial charge in [-0.2, -0.15) is 0 Å². The predicted molar refractivity (Wildman–Crippen MR) is 77.3 cm³/mol. The molecule has 0 aromatic heterocycles. The summed E-state index contributed by atoms with van der Waals surface area (Å²) < 4.78 is 5.45. The van der Waals surface area contributed by atoms with Gasteiger partial charge in [-0.1, -0.05) is 0 Å². The van der Waals surface area contributed by atoms with Crippen LogP contribution < -0.4 is 5.73 Å². The predicted octanol–water partition coefficient (Wildman–Crippen LogP) is 0.437. The molecule has 0 spiro atoms. The minimum atomic E-state index is 0.109. The van der Waals surface area contributed by atoms with Gasteiger partial charge in [0, 0.05) is 31.8 Å². The van der Waals surface area contributed by atoms with E-state index >= 15 is 0 Å². The first-order valence-corrected chi connectivity index (χ1v) is 8.10. The molecule has 3 rings (SSSR count). The van der Waals surface area contributed by atoms with E-state index < -0.39 is 0 Å². The molecule has 5 heteroatoms. The van der Waals surface area contributed by atoms with E-state index in [9.17, 15) is 4.79 Å². The first-order valence-electron chi connectivity index (χ1n) is 8.10. The molecule has 2 unspecified atom stereocenters. The second kappa shape index (κ2) is 6.41. The molecular weight excluding hydrogens is 254 g/mol. The summed E-state index contributed by atoms with van der Waals surface area (Å²) in [5.74, 6) is 0.429. The van der Waals surface area contributed by atoms with Gasteiger partial charge >= 0.3 is 0 Å². The standard InChI is InChI=1S/C15H27N3O2/c16-13-3-6-17(7-4-13)14-5-8-18(10-14)15(19)12-2-1-9-20-11-12/h12-14H,1-11,16H2. The minimum absolute atomic E-state index is 0.109. The second-order valence-corrected chi connectivity index (χ2v) is 6.51. The fourth-order valence-electron chi connectivity index (χ4n) is 3.72. The average Bonchev–Trinajstić information content (AvgIpc) is 2.98. The summed E-state index contributed by atoms with van der Waals surface area (Å²) in [5.41, 5.74) is 5.96. The molecule has 5 nitrogen and oxygen atoms in total. The van der Waals surface area contributed by atoms with E-state index in [1.165, 1.54) is 0 Å². The zero-order valence-corrected chi connectivity index (χ0v) is 12.3. The number of carbonyl (C=O) groups is 1. The molecule has 3 aliphatic heterocycles. The van der Waals surface area contributed by atoms with Crippen LogP contribution in [0.15, 0.2) is 0 Å². The van der Waals surface area contributed by atoms with Crippen molar-refractivity contribution in [3.8, 4) is 0 Å². The van der Waals surface area contributed by atoms with Crippen LogP contribution in [0.4, 0.5) is 0 Å². The number of hydrogen-bond acceptors (Lipinski definition) is 4. The summed E-state index contributed by atoms with van der Waals surface area (Å²) in [4.78, 5) is 17.1. The third kappa shape index (κ3) is 3.15. The fourth-order valence-corrected chi connectivity index (χ4v) is 3.72. The lowest BCUT2D eigenvalue weighted by Gasteiger charge is -2.35. The highest BCUT2D eigenvalue weighted by molar-refractivity contribution is 5.79. The number of nitrogens with two attached hydrogens (primary N) is 1. The van der Waals surface area contributed by atoms with Gasteiger partial charge in [0.15, 0.2) is 0 Å². The van der Waals surface area contributed by atoms with Crippen molar-refractivity contribution in [1.82, 2.24) is 9.80 Å². The number of amides is 1. The number of ether oxygens (including phenoxy) is 1. The summed E-state index contributed by atoms with van der Waals surface area (Å²) in [6.07, 6.45) is 5.34. The molecule has 3 fully saturated rings. The van der Waals surface area contributed by atoms with Crippen molar-refractivity contribution in [2.45, 2.75) is 44.2 Å². The van der Waals surface area contributed by atoms with Gasteiger partial charge < -0.3 is 15.4 Å². The molecule has 0 bridgehead atoms. The average molecular weight is 281 g/mol. The van der Waals surface area contributed by atoms with E-state index in [1.807, 2.05) is 0 Å². The lowest BCUT2D eigenvalue weighted by atomic mass is 10.0. The number of likely N-dealkylation sites (tertiary alicyclic amines) is 2. The molecule has 0 aliphatic carbocycles. The van der Waals surface area contributed by atoms with E-state index in [2.05, 4.69) is 9.80 Å². The smallest absolute Gasteiger partial charge is 0.228 e. The van der Waals surface area contributed by atoms with Crippen LogP contribution in [0.2, 0.25) is 0 Å². The topological polar surface area (TPSA) is 58.8 Å². The van der Waals surface area contributed by atoms with Gasteiger partial charge in [0.1, 0.15) is 0 Å². The van der Waals surface area contributed by atoms with Gasteiger partial charge in [-0.05, 0) is 45.2 Å². The van der Waals surface area contributed by atoms with E-state index in [4.69, 9.17) is 10.5 Å². The Morgan fingerprint density at radius 1 is 1.10 bits per heavy atom. The van der Waals surface area contributed by atoms with E-state index in [0.717, 1.165) is 64.9 Å². The van der Waals surface area contributed by atoms with Gasteiger partial charge in [-0.3, -0.25) is 9.69 Å². The highest BCUT2D eigenvalue weighted by Gasteiger charge is 2.34. The van der Waals surface area contributed by atoms with Crippen LogP contribution in [-0.4, -0.2) is 67.2 Å². The Morgan fingerprint density at radius 2 is 1.90 bits per heavy atom. The molecule has 0 aromatic rings. The van der Waals surface area contributed by atoms with Crippen molar-refractivity contribution in [2.24, 2.45) is 11.7 Å². The van der Waals surface area contributed by atoms with Crippen molar-refractivity contribution in [2.75, 3.05) is 39.4 Å². The Kier molecular flexibility index (Phi) is 4.58. The fraction of sp³-hybridized carbons (Fsp3) is 0.933. The van der Waals surface area contributed by atoms with Crippen molar-refractivity contribution in [3.63, 3.8) is 0 Å². The molecule has 3 saturated heterocycles. The Morgan fingerprint density at radius 3 is 2.60 bits per heavy atom. The van der Waals surface area contributed by atoms with Crippen LogP contribution in [0.5, 0.6) is 0 Å². The Labute approximate surface area is 121 Å². The molecule has 0 saturated carbocycles. The largest absolute Gasteiger partial charge is 0.381 e. The van der Waals surface area contributed by atoms with E-state index in [-0.39, 0.29) is 5.92 Å². The Balaban J connectivity index is 1.50. The van der Waals surface area contributed by atoms with Crippen molar-refractivity contribution in [3.05, 3.63) is 0 Å². The first kappa shape index (κ1) is 14.3. The Bertz CT molecular complexity index is 336. The molecule has 114 valence electrons. The summed E-state index contributed by atoms with van der Waals surface area (Å²) in [6.45, 7) is 5.47. The highest BCUT2D eigenvalue weighted by Crippen LogP contribution is 2.23. The van der Waals surface area contributed by atoms with Gasteiger partial charge in [-0.25, -0.2) is 0 Å². The molecule has 3 aliphatic rings. The first-order chi connectivity index (χ1) is 9.74. The maximum Gasteiger partial charge on any atom is 0.228 e. The van der Waals surface area contributed by atoms with E-state index in [1.54, 1.807) is 0 Å². The third-order valence-corrected chi connectivity index (χ3v) is 5.08. The lowest BCUT2D eigenvalue weighted by molar-refractivity contribution is -0.138. The van der Waals surface area contributed by atoms with Crippen molar-refractivity contribution < 1.29 is 9.53 Å². The summed E-state index contributed by atoms with van der Waals surface area (Å²) in [5, 5.41) is 0. The van der Waals surface area contributed by atoms with Crippen molar-refractivity contribution in [1.29, 1.82) is 0 Å². The Hall–Kier alpha value is -0.650.